The summed E-state index contributed by atoms with van der Waals surface area (Å²) >= 11 is 0. The van der Waals surface area contributed by atoms with E-state index in [1.165, 1.54) is 12.1 Å². The van der Waals surface area contributed by atoms with E-state index >= 15 is 0 Å². The lowest BCUT2D eigenvalue weighted by molar-refractivity contribution is 0.0469. The first-order valence-corrected chi connectivity index (χ1v) is 11.1. The van der Waals surface area contributed by atoms with Gasteiger partial charge in [0.05, 0.1) is 6.61 Å². The molecule has 0 saturated carbocycles. The van der Waals surface area contributed by atoms with E-state index in [2.05, 4.69) is 22.0 Å². The van der Waals surface area contributed by atoms with Gasteiger partial charge in [0.2, 0.25) is 0 Å². The number of ether oxygens (including phenoxy) is 2. The fourth-order valence-corrected chi connectivity index (χ4v) is 3.51. The van der Waals surface area contributed by atoms with Crippen LogP contribution < -0.4 is 15.0 Å². The highest BCUT2D eigenvalue weighted by Gasteiger charge is 2.20. The van der Waals surface area contributed by atoms with Gasteiger partial charge in [-0.1, -0.05) is 19.4 Å². The van der Waals surface area contributed by atoms with Crippen molar-refractivity contribution in [2.75, 3.05) is 56.2 Å². The highest BCUT2D eigenvalue weighted by molar-refractivity contribution is 5.84. The van der Waals surface area contributed by atoms with Gasteiger partial charge in [-0.05, 0) is 48.9 Å². The first-order chi connectivity index (χ1) is 15.5. The molecule has 1 unspecified atom stereocenters. The molecule has 2 N–H and O–H groups in total. The summed E-state index contributed by atoms with van der Waals surface area (Å²) in [7, 11) is 0. The number of nitrogens with zero attached hydrogens (tertiary/aromatic N) is 2. The summed E-state index contributed by atoms with van der Waals surface area (Å²) in [6.07, 6.45) is 0.676. The first kappa shape index (κ1) is 23.8. The van der Waals surface area contributed by atoms with Crippen molar-refractivity contribution in [3.8, 4) is 5.75 Å². The molecule has 1 aliphatic rings. The average molecular weight is 446 g/mol. The zero-order valence-corrected chi connectivity index (χ0v) is 18.5. The number of piperazine rings is 1. The quantitative estimate of drug-likeness (QED) is 0.543. The Labute approximate surface area is 188 Å². The Hall–Kier alpha value is -2.84. The number of carbonyl (C=O) groups excluding carboxylic acids is 1. The number of hydrogen-bond acceptors (Lipinski definition) is 6. The fraction of sp³-hybridized carbons (Fsp3) is 0.458. The lowest BCUT2D eigenvalue weighted by atomic mass is 10.2. The van der Waals surface area contributed by atoms with E-state index in [9.17, 15) is 14.3 Å². The van der Waals surface area contributed by atoms with E-state index in [1.807, 2.05) is 6.07 Å². The third kappa shape index (κ3) is 7.69. The van der Waals surface area contributed by atoms with Crippen molar-refractivity contribution in [2.24, 2.45) is 0 Å². The molecule has 0 aliphatic carbocycles. The van der Waals surface area contributed by atoms with Crippen molar-refractivity contribution in [3.05, 3.63) is 54.3 Å². The van der Waals surface area contributed by atoms with Crippen molar-refractivity contribution in [1.29, 1.82) is 0 Å². The predicted molar refractivity (Wildman–Crippen MR) is 123 cm³/mol. The van der Waals surface area contributed by atoms with Gasteiger partial charge in [0.15, 0.2) is 0 Å². The molecule has 1 aliphatic heterocycles. The predicted octanol–water partition coefficient (Wildman–Crippen LogP) is 3.74. The maximum Gasteiger partial charge on any atom is 0.411 e. The highest BCUT2D eigenvalue weighted by atomic mass is 19.1. The minimum absolute atomic E-state index is 0.0891. The van der Waals surface area contributed by atoms with Gasteiger partial charge in [0.25, 0.3) is 0 Å². The normalized spacial score (nSPS) is 15.3. The molecule has 7 nitrogen and oxygen atoms in total. The van der Waals surface area contributed by atoms with Crippen LogP contribution >= 0.6 is 0 Å². The minimum atomic E-state index is -0.782. The van der Waals surface area contributed by atoms with Crippen molar-refractivity contribution in [3.63, 3.8) is 0 Å². The number of nitrogens with one attached hydrogen (secondary N) is 1. The van der Waals surface area contributed by atoms with Gasteiger partial charge in [-0.2, -0.15) is 0 Å². The van der Waals surface area contributed by atoms with Crippen molar-refractivity contribution in [2.45, 2.75) is 25.9 Å². The van der Waals surface area contributed by atoms with Crippen LogP contribution in [0.5, 0.6) is 5.75 Å². The number of benzene rings is 2. The van der Waals surface area contributed by atoms with Gasteiger partial charge < -0.3 is 19.5 Å². The average Bonchev–Trinajstić information content (AvgIpc) is 2.79. The van der Waals surface area contributed by atoms with Gasteiger partial charge >= 0.3 is 6.09 Å². The molecule has 1 fully saturated rings. The van der Waals surface area contributed by atoms with Crippen LogP contribution in [0.2, 0.25) is 0 Å². The van der Waals surface area contributed by atoms with E-state index in [0.29, 0.717) is 18.8 Å². The molecule has 174 valence electrons. The third-order valence-corrected chi connectivity index (χ3v) is 5.29. The maximum absolute atomic E-state index is 13.4. The number of rotatable bonds is 10. The van der Waals surface area contributed by atoms with Gasteiger partial charge in [-0.15, -0.1) is 0 Å². The van der Waals surface area contributed by atoms with Gasteiger partial charge in [-0.25, -0.2) is 9.18 Å². The molecule has 1 amide bonds. The van der Waals surface area contributed by atoms with E-state index in [-0.39, 0.29) is 12.4 Å². The molecule has 8 heteroatoms. The van der Waals surface area contributed by atoms with Gasteiger partial charge in [0.1, 0.15) is 24.3 Å². The zero-order valence-electron chi connectivity index (χ0n) is 18.5. The Bertz CT molecular complexity index is 841. The van der Waals surface area contributed by atoms with Crippen LogP contribution in [-0.2, 0) is 4.74 Å². The molecule has 0 bridgehead atoms. The molecule has 3 rings (SSSR count). The number of carbonyl (C=O) groups is 1. The standard InChI is InChI=1S/C24H32FN3O4/c1-2-3-15-31-23-9-7-20(8-10-23)26-24(30)32-18-22(29)17-27-11-13-28(14-12-27)21-6-4-5-19(25)16-21/h4-10,16,22,29H,2-3,11-15,17-18H2,1H3,(H,26,30). The lowest BCUT2D eigenvalue weighted by Gasteiger charge is -2.36. The second-order valence-electron chi connectivity index (χ2n) is 7.87. The SMILES string of the molecule is CCCCOc1ccc(NC(=O)OCC(O)CN2CCN(c3cccc(F)c3)CC2)cc1. The maximum atomic E-state index is 13.4. The number of hydrogen-bond donors (Lipinski definition) is 2. The molecule has 0 radical (unpaired) electrons. The van der Waals surface area contributed by atoms with Crippen LogP contribution in [0.15, 0.2) is 48.5 Å². The fourth-order valence-electron chi connectivity index (χ4n) is 3.51. The van der Waals surface area contributed by atoms with Crippen LogP contribution in [0.25, 0.3) is 0 Å². The van der Waals surface area contributed by atoms with Crippen molar-refractivity contribution < 1.29 is 23.8 Å². The van der Waals surface area contributed by atoms with E-state index in [1.54, 1.807) is 30.3 Å². The number of unbranched alkanes of at least 4 members (excludes halogenated alkanes) is 1. The monoisotopic (exact) mass is 445 g/mol. The largest absolute Gasteiger partial charge is 0.494 e. The van der Waals surface area contributed by atoms with Crippen LogP contribution in [-0.4, -0.2) is 68.1 Å². The summed E-state index contributed by atoms with van der Waals surface area (Å²) in [6, 6.07) is 13.7. The number of β-amino-alcohol motifs (C(OH)–C–C–N with tert-alkyl or cyclic N) is 1. The molecule has 1 heterocycles. The number of halogens is 1. The summed E-state index contributed by atoms with van der Waals surface area (Å²) in [5.74, 6) is 0.511. The van der Waals surface area contributed by atoms with Crippen molar-refractivity contribution in [1.82, 2.24) is 4.90 Å². The Morgan fingerprint density at radius 2 is 1.91 bits per heavy atom. The van der Waals surface area contributed by atoms with E-state index < -0.39 is 12.2 Å². The molecule has 32 heavy (non-hydrogen) atoms. The van der Waals surface area contributed by atoms with Crippen LogP contribution in [0.3, 0.4) is 0 Å². The van der Waals surface area contributed by atoms with E-state index in [4.69, 9.17) is 9.47 Å². The van der Waals surface area contributed by atoms with Gasteiger partial charge in [-0.3, -0.25) is 10.2 Å². The second kappa shape index (κ2) is 12.3. The van der Waals surface area contributed by atoms with Crippen LogP contribution in [0.4, 0.5) is 20.6 Å². The van der Waals surface area contributed by atoms with Crippen molar-refractivity contribution >= 4 is 17.5 Å². The number of aliphatic hydroxyl groups is 1. The van der Waals surface area contributed by atoms with Crippen LogP contribution in [0, 0.1) is 5.82 Å². The number of aliphatic hydroxyl groups excluding tert-OH is 1. The summed E-state index contributed by atoms with van der Waals surface area (Å²) in [5.41, 5.74) is 1.46. The van der Waals surface area contributed by atoms with Crippen LogP contribution in [0.1, 0.15) is 19.8 Å². The Balaban J connectivity index is 1.33. The molecular formula is C24H32FN3O4. The molecule has 2 aromatic carbocycles. The second-order valence-corrected chi connectivity index (χ2v) is 7.87. The molecule has 0 spiro atoms. The van der Waals surface area contributed by atoms with E-state index in [0.717, 1.165) is 50.5 Å². The lowest BCUT2D eigenvalue weighted by Crippen LogP contribution is -2.49. The summed E-state index contributed by atoms with van der Waals surface area (Å²) in [6.45, 7) is 6.07. The topological polar surface area (TPSA) is 74.3 Å². The number of amides is 1. The molecule has 2 aromatic rings. The third-order valence-electron chi connectivity index (χ3n) is 5.29. The molecule has 1 saturated heterocycles. The summed E-state index contributed by atoms with van der Waals surface area (Å²) in [5, 5.41) is 12.9. The Kier molecular flexibility index (Phi) is 9.13. The Morgan fingerprint density at radius 3 is 2.59 bits per heavy atom. The first-order valence-electron chi connectivity index (χ1n) is 11.1. The Morgan fingerprint density at radius 1 is 1.16 bits per heavy atom. The summed E-state index contributed by atoms with van der Waals surface area (Å²) in [4.78, 5) is 16.2. The molecule has 1 atom stereocenters. The minimum Gasteiger partial charge on any atom is -0.494 e. The smallest absolute Gasteiger partial charge is 0.411 e. The highest BCUT2D eigenvalue weighted by Crippen LogP contribution is 2.18. The number of anilines is 2. The van der Waals surface area contributed by atoms with Gasteiger partial charge in [0, 0.05) is 44.1 Å². The summed E-state index contributed by atoms with van der Waals surface area (Å²) < 4.78 is 24.2. The molecular weight excluding hydrogens is 413 g/mol. The zero-order chi connectivity index (χ0) is 22.8. The molecule has 0 aromatic heterocycles.